The molecule has 11 aliphatic rings. The number of aliphatic hydroxyl groups excluding tert-OH is 17. The van der Waals surface area contributed by atoms with Gasteiger partial charge in [0.15, 0.2) is 37.2 Å². The molecule has 11 fully saturated rings. The quantitative estimate of drug-likeness (QED) is 0.0679. The number of aliphatic hydroxyl groups is 17. The molecule has 17 N–H and O–H groups in total. The molecule has 1 spiro atoms. The Morgan fingerprint density at radius 2 is 0.930 bits per heavy atom. The van der Waals surface area contributed by atoms with Gasteiger partial charge >= 0.3 is 0 Å². The number of hydrogen-bond acceptors (Lipinski definition) is 29. The molecule has 86 heavy (non-hydrogen) atoms. The van der Waals surface area contributed by atoms with Crippen molar-refractivity contribution < 1.29 is 144 Å². The van der Waals surface area contributed by atoms with Crippen LogP contribution in [-0.4, -0.2) is 304 Å². The second-order valence-corrected chi connectivity index (χ2v) is 27.3. The van der Waals surface area contributed by atoms with Gasteiger partial charge in [0.1, 0.15) is 122 Å². The Labute approximate surface area is 497 Å². The fourth-order valence-electron chi connectivity index (χ4n) is 17.7. The molecule has 29 heteroatoms. The average Bonchev–Trinajstić information content (AvgIpc) is 1.50. The third-order valence-electron chi connectivity index (χ3n) is 22.5. The van der Waals surface area contributed by atoms with Crippen LogP contribution in [0.5, 0.6) is 0 Å². The van der Waals surface area contributed by atoms with Gasteiger partial charge in [0, 0.05) is 12.3 Å². The maximum Gasteiger partial charge on any atom is 0.187 e. The Balaban J connectivity index is 0.767. The molecule has 11 rings (SSSR count). The molecule has 0 aromatic carbocycles. The lowest BCUT2D eigenvalue weighted by molar-refractivity contribution is -0.409. The highest BCUT2D eigenvalue weighted by molar-refractivity contribution is 5.16. The van der Waals surface area contributed by atoms with Gasteiger partial charge < -0.3 is 144 Å². The van der Waals surface area contributed by atoms with Crippen molar-refractivity contribution in [2.75, 3.05) is 39.6 Å². The van der Waals surface area contributed by atoms with E-state index in [1.165, 1.54) is 0 Å². The zero-order chi connectivity index (χ0) is 61.8. The first kappa shape index (κ1) is 66.3. The number of hydrogen-bond donors (Lipinski definition) is 17. The van der Waals surface area contributed by atoms with Crippen molar-refractivity contribution in [1.82, 2.24) is 0 Å². The zero-order valence-electron chi connectivity index (χ0n) is 48.8. The van der Waals surface area contributed by atoms with Crippen molar-refractivity contribution >= 4 is 0 Å². The molecule has 7 saturated heterocycles. The molecule has 7 heterocycles. The van der Waals surface area contributed by atoms with Crippen LogP contribution in [0.3, 0.4) is 0 Å². The third-order valence-corrected chi connectivity index (χ3v) is 22.5. The van der Waals surface area contributed by atoms with Crippen LogP contribution >= 0.6 is 0 Å². The fraction of sp³-hybridized carbons (Fsp3) is 1.00. The summed E-state index contributed by atoms with van der Waals surface area (Å²) in [6, 6.07) is 0. The van der Waals surface area contributed by atoms with E-state index in [1.807, 2.05) is 0 Å². The van der Waals surface area contributed by atoms with Crippen LogP contribution in [0.25, 0.3) is 0 Å². The Morgan fingerprint density at radius 3 is 1.50 bits per heavy atom. The summed E-state index contributed by atoms with van der Waals surface area (Å²) < 4.78 is 72.9. The van der Waals surface area contributed by atoms with Crippen molar-refractivity contribution in [3.05, 3.63) is 0 Å². The van der Waals surface area contributed by atoms with E-state index in [0.29, 0.717) is 49.0 Å². The third kappa shape index (κ3) is 11.5. The predicted octanol–water partition coefficient (Wildman–Crippen LogP) is -6.11. The first-order chi connectivity index (χ1) is 40.9. The van der Waals surface area contributed by atoms with Crippen LogP contribution in [-0.2, 0) is 56.8 Å². The maximum absolute atomic E-state index is 12.1. The lowest BCUT2D eigenvalue weighted by atomic mass is 9.44. The molecule has 29 nitrogen and oxygen atoms in total. The van der Waals surface area contributed by atoms with Gasteiger partial charge in [0.05, 0.1) is 58.0 Å². The highest BCUT2D eigenvalue weighted by atomic mass is 16.8. The van der Waals surface area contributed by atoms with E-state index in [0.717, 1.165) is 44.9 Å². The topological polar surface area (TPSA) is 455 Å². The van der Waals surface area contributed by atoms with Gasteiger partial charge in [-0.05, 0) is 97.7 Å². The number of fused-ring (bicyclic) bond motifs is 7. The van der Waals surface area contributed by atoms with E-state index in [-0.39, 0.29) is 28.8 Å². The first-order valence-corrected chi connectivity index (χ1v) is 30.9. The van der Waals surface area contributed by atoms with Gasteiger partial charge in [-0.25, -0.2) is 0 Å². The Kier molecular flexibility index (Phi) is 20.0. The summed E-state index contributed by atoms with van der Waals surface area (Å²) in [6.07, 6.45) is -41.7. The van der Waals surface area contributed by atoms with Gasteiger partial charge in [-0.1, -0.05) is 27.7 Å². The molecule has 7 aliphatic heterocycles. The second kappa shape index (κ2) is 26.0. The number of rotatable bonds is 15. The van der Waals surface area contributed by atoms with Crippen molar-refractivity contribution in [2.24, 2.45) is 52.3 Å². The summed E-state index contributed by atoms with van der Waals surface area (Å²) in [5, 5.41) is 186. The van der Waals surface area contributed by atoms with Crippen LogP contribution in [0.2, 0.25) is 0 Å². The van der Waals surface area contributed by atoms with Gasteiger partial charge in [-0.2, -0.15) is 0 Å². The van der Waals surface area contributed by atoms with Gasteiger partial charge in [0.2, 0.25) is 0 Å². The molecule has 0 radical (unpaired) electrons. The fourth-order valence-corrected chi connectivity index (χ4v) is 17.7. The lowest BCUT2D eigenvalue weighted by Gasteiger charge is -2.62. The highest BCUT2D eigenvalue weighted by Crippen LogP contribution is 2.71. The SMILES string of the molecule is CC1C2C(CC3C4CC[C@H]5CC(O[C@@H]6O[C@H](CO)[C@@H](O)[C@H](O[C@@H]7O[C@H](CO)[C@@H](O[C@@H]8O[C@H](CO)[C@@H](O)[C@H](O[C@@H]9O[C@H](CO)[C@@H](O)[C@H](O)[C@H]9O)[C@H]8O[C@@H]8O[C@H](CO)[C@@H](O)[C@H](O)[C@H]8O)[C@H](O)[C@H]7O)[C@H]6O)[C@H](O)C[C@]5(C)C4CC[C@@]32C)OC12CC[C@@H](C)CO2. The molecule has 0 aromatic heterocycles. The molecule has 4 saturated carbocycles. The van der Waals surface area contributed by atoms with Crippen LogP contribution in [0.1, 0.15) is 85.5 Å². The van der Waals surface area contributed by atoms with Gasteiger partial charge in [-0.15, -0.1) is 0 Å². The summed E-state index contributed by atoms with van der Waals surface area (Å²) in [4.78, 5) is 0. The molecular formula is C57H94O29. The van der Waals surface area contributed by atoms with Crippen LogP contribution < -0.4 is 0 Å². The standard InChI is InChI=1S/C57H94O29/c1-20-7-10-57(75-19-20)21(2)34-28(86-57)12-25-23-6-5-22-11-27(26(63)13-56(22,4)24(23)8-9-55(25,34)3)76-53-45(74)47(37(66)31(16-60)79-53)83-52-44(73)41(70)46(33(18-62)81-52)82-54-49(85-51-43(72)40(69)36(65)30(15-59)78-51)48(38(67)32(17-61)80-54)84-50-42(71)39(68)35(64)29(14-58)77-50/h20-54,58-74H,5-19H2,1-4H3/t20-,21?,22+,23?,24?,25?,26-,27?,28?,29-,30-,31-,32-,33-,34?,35-,36-,37-,38-,39+,40+,41-,42-,43-,44-,45-,46-,47+,48+,49-,50+,51+,52+,53-,54+,55+,56+,57?/m1/s1. The molecular weight excluding hydrogens is 1150 g/mol. The Bertz CT molecular complexity index is 2230. The summed E-state index contributed by atoms with van der Waals surface area (Å²) in [7, 11) is 0. The van der Waals surface area contributed by atoms with Crippen LogP contribution in [0.4, 0.5) is 0 Å². The Hall–Kier alpha value is -1.16. The normalized spacial score (nSPS) is 57.5. The first-order valence-electron chi connectivity index (χ1n) is 30.9. The van der Waals surface area contributed by atoms with E-state index >= 15 is 0 Å². The molecule has 0 amide bonds. The minimum absolute atomic E-state index is 0.0992. The van der Waals surface area contributed by atoms with Gasteiger partial charge in [0.25, 0.3) is 0 Å². The minimum Gasteiger partial charge on any atom is -0.394 e. The summed E-state index contributed by atoms with van der Waals surface area (Å²) in [5.74, 6) is 2.09. The van der Waals surface area contributed by atoms with E-state index in [9.17, 15) is 86.8 Å². The predicted molar refractivity (Wildman–Crippen MR) is 282 cm³/mol. The zero-order valence-corrected chi connectivity index (χ0v) is 48.8. The monoisotopic (exact) mass is 1240 g/mol. The maximum atomic E-state index is 12.1. The van der Waals surface area contributed by atoms with Gasteiger partial charge in [-0.3, -0.25) is 0 Å². The second-order valence-electron chi connectivity index (χ2n) is 27.3. The van der Waals surface area contributed by atoms with Crippen molar-refractivity contribution in [3.63, 3.8) is 0 Å². The van der Waals surface area contributed by atoms with Crippen molar-refractivity contribution in [3.8, 4) is 0 Å². The van der Waals surface area contributed by atoms with E-state index in [4.69, 9.17) is 56.8 Å². The average molecular weight is 1240 g/mol. The summed E-state index contributed by atoms with van der Waals surface area (Å²) in [5.41, 5.74) is -0.131. The van der Waals surface area contributed by atoms with Crippen molar-refractivity contribution in [1.29, 1.82) is 0 Å². The van der Waals surface area contributed by atoms with E-state index < -0.39 is 205 Å². The molecule has 4 aliphatic carbocycles. The molecule has 8 unspecified atom stereocenters. The highest BCUT2D eigenvalue weighted by Gasteiger charge is 2.70. The molecule has 0 bridgehead atoms. The van der Waals surface area contributed by atoms with E-state index in [2.05, 4.69) is 27.7 Å². The summed E-state index contributed by atoms with van der Waals surface area (Å²) in [6.45, 7) is 5.35. The van der Waals surface area contributed by atoms with Crippen molar-refractivity contribution in [2.45, 2.75) is 263 Å². The smallest absolute Gasteiger partial charge is 0.187 e. The largest absolute Gasteiger partial charge is 0.394 e. The number of ether oxygens (including phenoxy) is 12. The van der Waals surface area contributed by atoms with Crippen LogP contribution in [0.15, 0.2) is 0 Å². The molecule has 0 aromatic rings. The summed E-state index contributed by atoms with van der Waals surface area (Å²) >= 11 is 0. The minimum atomic E-state index is -2.19. The lowest BCUT2D eigenvalue weighted by Crippen LogP contribution is -2.69. The van der Waals surface area contributed by atoms with Crippen LogP contribution in [0, 0.1) is 52.3 Å². The molecule has 38 atom stereocenters. The molecule has 496 valence electrons. The Morgan fingerprint density at radius 1 is 0.430 bits per heavy atom. The van der Waals surface area contributed by atoms with E-state index in [1.54, 1.807) is 0 Å².